The second kappa shape index (κ2) is 7.90. The molecule has 1 atom stereocenters. The molecule has 1 aliphatic rings. The Hall–Kier alpha value is -3.42. The SMILES string of the molecule is Cc1cccc2c(=O)[nH]c(COC(=O)C3CCCN(C(=O)c4ccco4)C3)nc12. The highest BCUT2D eigenvalue weighted by Crippen LogP contribution is 2.20. The van der Waals surface area contributed by atoms with E-state index in [9.17, 15) is 14.4 Å². The summed E-state index contributed by atoms with van der Waals surface area (Å²) in [6, 6.07) is 8.64. The van der Waals surface area contributed by atoms with E-state index in [1.54, 1.807) is 29.2 Å². The number of carbonyl (C=O) groups excluding carboxylic acids is 2. The number of furan rings is 1. The van der Waals surface area contributed by atoms with Gasteiger partial charge in [-0.25, -0.2) is 4.98 Å². The zero-order valence-corrected chi connectivity index (χ0v) is 16.0. The summed E-state index contributed by atoms with van der Waals surface area (Å²) in [5, 5.41) is 0.499. The van der Waals surface area contributed by atoms with Crippen molar-refractivity contribution in [1.29, 1.82) is 0 Å². The molecule has 1 saturated heterocycles. The molecule has 1 unspecified atom stereocenters. The number of benzene rings is 1. The molecule has 0 bridgehead atoms. The van der Waals surface area contributed by atoms with E-state index in [2.05, 4.69) is 9.97 Å². The molecule has 3 heterocycles. The molecule has 0 radical (unpaired) electrons. The zero-order valence-electron chi connectivity index (χ0n) is 16.0. The molecule has 2 aromatic heterocycles. The number of aromatic amines is 1. The van der Waals surface area contributed by atoms with Gasteiger partial charge in [0.1, 0.15) is 12.4 Å². The van der Waals surface area contributed by atoms with Gasteiger partial charge in [-0.3, -0.25) is 14.4 Å². The van der Waals surface area contributed by atoms with Crippen LogP contribution >= 0.6 is 0 Å². The Kier molecular flexibility index (Phi) is 5.16. The summed E-state index contributed by atoms with van der Waals surface area (Å²) in [5.41, 5.74) is 1.20. The Morgan fingerprint density at radius 2 is 2.17 bits per heavy atom. The first kappa shape index (κ1) is 18.9. The minimum absolute atomic E-state index is 0.124. The molecule has 1 aromatic carbocycles. The van der Waals surface area contributed by atoms with Gasteiger partial charge in [-0.15, -0.1) is 0 Å². The minimum Gasteiger partial charge on any atom is -0.459 e. The van der Waals surface area contributed by atoms with Crippen molar-refractivity contribution < 1.29 is 18.7 Å². The van der Waals surface area contributed by atoms with Crippen LogP contribution in [-0.4, -0.2) is 39.8 Å². The van der Waals surface area contributed by atoms with Gasteiger partial charge in [0.25, 0.3) is 11.5 Å². The lowest BCUT2D eigenvalue weighted by Crippen LogP contribution is -2.42. The third kappa shape index (κ3) is 3.91. The summed E-state index contributed by atoms with van der Waals surface area (Å²) in [6.45, 7) is 2.60. The third-order valence-electron chi connectivity index (χ3n) is 5.11. The van der Waals surface area contributed by atoms with Crippen LogP contribution in [0.5, 0.6) is 0 Å². The predicted molar refractivity (Wildman–Crippen MR) is 104 cm³/mol. The molecule has 0 spiro atoms. The van der Waals surface area contributed by atoms with E-state index in [0.29, 0.717) is 36.1 Å². The number of H-pyrrole nitrogens is 1. The van der Waals surface area contributed by atoms with E-state index in [-0.39, 0.29) is 30.4 Å². The molecule has 0 aliphatic carbocycles. The molecule has 150 valence electrons. The van der Waals surface area contributed by atoms with Gasteiger partial charge < -0.3 is 19.0 Å². The maximum absolute atomic E-state index is 12.5. The average Bonchev–Trinajstić information content (AvgIpc) is 3.27. The number of carbonyl (C=O) groups is 2. The highest BCUT2D eigenvalue weighted by Gasteiger charge is 2.31. The molecule has 29 heavy (non-hydrogen) atoms. The summed E-state index contributed by atoms with van der Waals surface area (Å²) < 4.78 is 10.6. The average molecular weight is 395 g/mol. The van der Waals surface area contributed by atoms with Crippen LogP contribution in [-0.2, 0) is 16.1 Å². The number of hydrogen-bond donors (Lipinski definition) is 1. The van der Waals surface area contributed by atoms with Crippen LogP contribution in [0.15, 0.2) is 45.8 Å². The van der Waals surface area contributed by atoms with Crippen LogP contribution in [0.4, 0.5) is 0 Å². The lowest BCUT2D eigenvalue weighted by molar-refractivity contribution is -0.151. The summed E-state index contributed by atoms with van der Waals surface area (Å²) in [4.78, 5) is 45.9. The molecule has 3 aromatic rings. The summed E-state index contributed by atoms with van der Waals surface area (Å²) >= 11 is 0. The number of para-hydroxylation sites is 1. The first-order valence-electron chi connectivity index (χ1n) is 9.51. The van der Waals surface area contributed by atoms with Crippen molar-refractivity contribution in [3.8, 4) is 0 Å². The Bertz CT molecular complexity index is 1100. The van der Waals surface area contributed by atoms with E-state index < -0.39 is 11.9 Å². The Balaban J connectivity index is 1.42. The highest BCUT2D eigenvalue weighted by molar-refractivity contribution is 5.92. The fraction of sp³-hybridized carbons (Fsp3) is 0.333. The number of nitrogens with one attached hydrogen (secondary N) is 1. The van der Waals surface area contributed by atoms with Crippen molar-refractivity contribution in [2.75, 3.05) is 13.1 Å². The quantitative estimate of drug-likeness (QED) is 0.680. The summed E-state index contributed by atoms with van der Waals surface area (Å²) in [7, 11) is 0. The summed E-state index contributed by atoms with van der Waals surface area (Å²) in [6.07, 6.45) is 2.79. The number of ether oxygens (including phenoxy) is 1. The first-order valence-corrected chi connectivity index (χ1v) is 9.51. The summed E-state index contributed by atoms with van der Waals surface area (Å²) in [5.74, 6) is -0.508. The molecule has 1 fully saturated rings. The fourth-order valence-corrected chi connectivity index (χ4v) is 3.59. The maximum atomic E-state index is 12.5. The lowest BCUT2D eigenvalue weighted by Gasteiger charge is -2.30. The third-order valence-corrected chi connectivity index (χ3v) is 5.11. The van der Waals surface area contributed by atoms with E-state index in [4.69, 9.17) is 9.15 Å². The first-order chi connectivity index (χ1) is 14.0. The minimum atomic E-state index is -0.420. The van der Waals surface area contributed by atoms with Crippen molar-refractivity contribution >= 4 is 22.8 Å². The van der Waals surface area contributed by atoms with Gasteiger partial charge in [0.2, 0.25) is 0 Å². The van der Waals surface area contributed by atoms with Gasteiger partial charge in [-0.05, 0) is 43.5 Å². The van der Waals surface area contributed by atoms with Crippen LogP contribution in [0.2, 0.25) is 0 Å². The second-order valence-electron chi connectivity index (χ2n) is 7.16. The lowest BCUT2D eigenvalue weighted by atomic mass is 9.98. The number of amides is 1. The molecule has 0 saturated carbocycles. The molecular formula is C21H21N3O5. The van der Waals surface area contributed by atoms with Gasteiger partial charge in [-0.2, -0.15) is 0 Å². The van der Waals surface area contributed by atoms with Crippen molar-refractivity contribution in [3.05, 3.63) is 64.1 Å². The number of nitrogens with zero attached hydrogens (tertiary/aromatic N) is 2. The number of aryl methyl sites for hydroxylation is 1. The standard InChI is InChI=1S/C21H21N3O5/c1-13-5-2-7-15-18(13)22-17(23-19(15)25)12-29-21(27)14-6-3-9-24(11-14)20(26)16-8-4-10-28-16/h2,4-5,7-8,10,14H,3,6,9,11-12H2,1H3,(H,22,23,25). The number of likely N-dealkylation sites (tertiary alicyclic amines) is 1. The molecule has 1 aliphatic heterocycles. The van der Waals surface area contributed by atoms with Crippen LogP contribution in [0.1, 0.15) is 34.8 Å². The number of fused-ring (bicyclic) bond motifs is 1. The van der Waals surface area contributed by atoms with Gasteiger partial charge in [0, 0.05) is 13.1 Å². The monoisotopic (exact) mass is 395 g/mol. The molecule has 8 nitrogen and oxygen atoms in total. The largest absolute Gasteiger partial charge is 0.459 e. The Morgan fingerprint density at radius 3 is 2.97 bits per heavy atom. The highest BCUT2D eigenvalue weighted by atomic mass is 16.5. The van der Waals surface area contributed by atoms with Gasteiger partial charge in [0.05, 0.1) is 23.1 Å². The number of esters is 1. The molecular weight excluding hydrogens is 374 g/mol. The fourth-order valence-electron chi connectivity index (χ4n) is 3.59. The molecule has 1 N–H and O–H groups in total. The van der Waals surface area contributed by atoms with Crippen LogP contribution in [0.3, 0.4) is 0 Å². The van der Waals surface area contributed by atoms with E-state index in [1.807, 2.05) is 13.0 Å². The number of aromatic nitrogens is 2. The van der Waals surface area contributed by atoms with Crippen molar-refractivity contribution in [3.63, 3.8) is 0 Å². The molecule has 8 heteroatoms. The molecule has 1 amide bonds. The maximum Gasteiger partial charge on any atom is 0.311 e. The van der Waals surface area contributed by atoms with Crippen LogP contribution < -0.4 is 5.56 Å². The zero-order chi connectivity index (χ0) is 20.4. The smallest absolute Gasteiger partial charge is 0.311 e. The Labute approximate surface area is 166 Å². The topological polar surface area (TPSA) is 106 Å². The van der Waals surface area contributed by atoms with Crippen molar-refractivity contribution in [2.24, 2.45) is 5.92 Å². The predicted octanol–water partition coefficient (Wildman–Crippen LogP) is 2.42. The van der Waals surface area contributed by atoms with Crippen molar-refractivity contribution in [2.45, 2.75) is 26.4 Å². The van der Waals surface area contributed by atoms with Crippen LogP contribution in [0, 0.1) is 12.8 Å². The van der Waals surface area contributed by atoms with Crippen LogP contribution in [0.25, 0.3) is 10.9 Å². The van der Waals surface area contributed by atoms with E-state index in [1.165, 1.54) is 6.26 Å². The van der Waals surface area contributed by atoms with Crippen molar-refractivity contribution in [1.82, 2.24) is 14.9 Å². The van der Waals surface area contributed by atoms with Gasteiger partial charge in [-0.1, -0.05) is 12.1 Å². The van der Waals surface area contributed by atoms with E-state index >= 15 is 0 Å². The number of rotatable bonds is 4. The number of piperidine rings is 1. The molecule has 4 rings (SSSR count). The number of hydrogen-bond acceptors (Lipinski definition) is 6. The Morgan fingerprint density at radius 1 is 1.31 bits per heavy atom. The van der Waals surface area contributed by atoms with Gasteiger partial charge in [0.15, 0.2) is 5.76 Å². The van der Waals surface area contributed by atoms with E-state index in [0.717, 1.165) is 5.56 Å². The normalized spacial score (nSPS) is 16.7. The van der Waals surface area contributed by atoms with Gasteiger partial charge >= 0.3 is 5.97 Å². The second-order valence-corrected chi connectivity index (χ2v) is 7.16.